The lowest BCUT2D eigenvalue weighted by atomic mass is 10.1. The van der Waals surface area contributed by atoms with Gasteiger partial charge in [-0.25, -0.2) is 4.79 Å². The lowest BCUT2D eigenvalue weighted by molar-refractivity contribution is -0.149. The largest absolute Gasteiger partial charge is 0.480 e. The Hall–Kier alpha value is -2.44. The Bertz CT molecular complexity index is 519. The monoisotopic (exact) mass is 307 g/mol. The molecule has 22 heavy (non-hydrogen) atoms. The molecule has 2 N–H and O–H groups in total. The van der Waals surface area contributed by atoms with Gasteiger partial charge in [-0.1, -0.05) is 6.07 Å². The van der Waals surface area contributed by atoms with Gasteiger partial charge in [-0.2, -0.15) is 0 Å². The van der Waals surface area contributed by atoms with Gasteiger partial charge >= 0.3 is 5.97 Å². The van der Waals surface area contributed by atoms with Crippen LogP contribution in [0.5, 0.6) is 0 Å². The fourth-order valence-corrected chi connectivity index (χ4v) is 1.94. The molecule has 0 aromatic carbocycles. The number of pyridine rings is 1. The lowest BCUT2D eigenvalue weighted by Gasteiger charge is -2.26. The van der Waals surface area contributed by atoms with Crippen LogP contribution in [0.2, 0.25) is 0 Å². The molecule has 1 aromatic heterocycles. The number of hydrogen-bond donors (Lipinski definition) is 2. The maximum Gasteiger partial charge on any atom is 0.326 e. The van der Waals surface area contributed by atoms with Crippen molar-refractivity contribution in [3.63, 3.8) is 0 Å². The summed E-state index contributed by atoms with van der Waals surface area (Å²) < 4.78 is 0. The Morgan fingerprint density at radius 1 is 1.36 bits per heavy atom. The molecule has 0 fully saturated rings. The van der Waals surface area contributed by atoms with E-state index in [0.29, 0.717) is 6.42 Å². The Morgan fingerprint density at radius 3 is 2.64 bits per heavy atom. The number of carbonyl (C=O) groups is 3. The van der Waals surface area contributed by atoms with E-state index in [0.717, 1.165) is 5.69 Å². The highest BCUT2D eigenvalue weighted by molar-refractivity contribution is 5.83. The van der Waals surface area contributed by atoms with Crippen LogP contribution in [0.1, 0.15) is 26.0 Å². The van der Waals surface area contributed by atoms with Gasteiger partial charge in [-0.15, -0.1) is 0 Å². The van der Waals surface area contributed by atoms with Crippen molar-refractivity contribution in [1.29, 1.82) is 0 Å². The molecule has 1 unspecified atom stereocenters. The van der Waals surface area contributed by atoms with Crippen molar-refractivity contribution in [3.05, 3.63) is 30.1 Å². The van der Waals surface area contributed by atoms with E-state index >= 15 is 0 Å². The summed E-state index contributed by atoms with van der Waals surface area (Å²) >= 11 is 0. The number of hydrogen-bond acceptors (Lipinski definition) is 4. The van der Waals surface area contributed by atoms with Crippen molar-refractivity contribution in [2.75, 3.05) is 13.1 Å². The number of aryl methyl sites for hydroxylation is 1. The number of nitrogens with one attached hydrogen (secondary N) is 1. The summed E-state index contributed by atoms with van der Waals surface area (Å²) in [4.78, 5) is 39.6. The van der Waals surface area contributed by atoms with Crippen LogP contribution in [-0.4, -0.2) is 51.9 Å². The Kier molecular flexibility index (Phi) is 7.01. The molecule has 1 atom stereocenters. The van der Waals surface area contributed by atoms with E-state index in [1.54, 1.807) is 12.3 Å². The minimum atomic E-state index is -1.07. The molecule has 120 valence electrons. The highest BCUT2D eigenvalue weighted by Gasteiger charge is 2.24. The van der Waals surface area contributed by atoms with Crippen LogP contribution in [0.15, 0.2) is 24.4 Å². The van der Waals surface area contributed by atoms with Crippen LogP contribution in [-0.2, 0) is 20.8 Å². The molecule has 0 saturated carbocycles. The molecular weight excluding hydrogens is 286 g/mol. The third-order valence-corrected chi connectivity index (χ3v) is 3.19. The van der Waals surface area contributed by atoms with E-state index in [-0.39, 0.29) is 31.3 Å². The SMILES string of the molecule is CC(=O)NCCN(C(=O)CCc1ccccn1)C(C)C(=O)O. The lowest BCUT2D eigenvalue weighted by Crippen LogP contribution is -2.46. The first-order chi connectivity index (χ1) is 10.4. The molecule has 1 heterocycles. The zero-order chi connectivity index (χ0) is 16.5. The molecule has 0 saturated heterocycles. The van der Waals surface area contributed by atoms with E-state index in [9.17, 15) is 14.4 Å². The Labute approximate surface area is 129 Å². The number of rotatable bonds is 8. The van der Waals surface area contributed by atoms with Crippen LogP contribution in [0.3, 0.4) is 0 Å². The quantitative estimate of drug-likeness (QED) is 0.726. The molecule has 0 aliphatic carbocycles. The molecule has 0 aliphatic rings. The molecule has 7 nitrogen and oxygen atoms in total. The van der Waals surface area contributed by atoms with E-state index in [4.69, 9.17) is 5.11 Å². The van der Waals surface area contributed by atoms with Gasteiger partial charge in [0.1, 0.15) is 6.04 Å². The molecule has 0 spiro atoms. The van der Waals surface area contributed by atoms with Gasteiger partial charge in [0, 0.05) is 38.3 Å². The number of nitrogens with zero attached hydrogens (tertiary/aromatic N) is 2. The average molecular weight is 307 g/mol. The zero-order valence-corrected chi connectivity index (χ0v) is 12.8. The Morgan fingerprint density at radius 2 is 2.09 bits per heavy atom. The smallest absolute Gasteiger partial charge is 0.326 e. The normalized spacial score (nSPS) is 11.5. The second-order valence-corrected chi connectivity index (χ2v) is 4.91. The Balaban J connectivity index is 2.62. The number of aliphatic carboxylic acids is 1. The number of carboxylic acid groups (broad SMARTS) is 1. The van der Waals surface area contributed by atoms with Gasteiger partial charge in [0.05, 0.1) is 0 Å². The minimum absolute atomic E-state index is 0.161. The van der Waals surface area contributed by atoms with Gasteiger partial charge in [0.15, 0.2) is 0 Å². The molecule has 1 rings (SSSR count). The minimum Gasteiger partial charge on any atom is -0.480 e. The molecule has 0 aliphatic heterocycles. The fourth-order valence-electron chi connectivity index (χ4n) is 1.94. The van der Waals surface area contributed by atoms with Crippen LogP contribution < -0.4 is 5.32 Å². The van der Waals surface area contributed by atoms with Gasteiger partial charge in [0.25, 0.3) is 0 Å². The van der Waals surface area contributed by atoms with Gasteiger partial charge in [-0.3, -0.25) is 14.6 Å². The maximum atomic E-state index is 12.3. The van der Waals surface area contributed by atoms with Crippen molar-refractivity contribution in [2.24, 2.45) is 0 Å². The number of carbonyl (C=O) groups excluding carboxylic acids is 2. The van der Waals surface area contributed by atoms with E-state index < -0.39 is 12.0 Å². The standard InChI is InChI=1S/C15H21N3O4/c1-11(15(21)22)18(10-9-16-12(2)19)14(20)7-6-13-5-3-4-8-17-13/h3-5,8,11H,6-7,9-10H2,1-2H3,(H,16,19)(H,21,22). The summed E-state index contributed by atoms with van der Waals surface area (Å²) in [6.07, 6.45) is 2.27. The first kappa shape index (κ1) is 17.6. The average Bonchev–Trinajstić information content (AvgIpc) is 2.49. The first-order valence-electron chi connectivity index (χ1n) is 7.08. The molecular formula is C15H21N3O4. The number of amides is 2. The van der Waals surface area contributed by atoms with Crippen molar-refractivity contribution in [3.8, 4) is 0 Å². The van der Waals surface area contributed by atoms with Crippen molar-refractivity contribution < 1.29 is 19.5 Å². The number of aromatic nitrogens is 1. The van der Waals surface area contributed by atoms with E-state index in [1.165, 1.54) is 18.7 Å². The second-order valence-electron chi connectivity index (χ2n) is 4.91. The van der Waals surface area contributed by atoms with E-state index in [2.05, 4.69) is 10.3 Å². The van der Waals surface area contributed by atoms with Crippen LogP contribution in [0, 0.1) is 0 Å². The summed E-state index contributed by atoms with van der Waals surface area (Å²) in [5, 5.41) is 11.7. The maximum absolute atomic E-state index is 12.3. The van der Waals surface area contributed by atoms with Gasteiger partial charge in [-0.05, 0) is 25.5 Å². The number of carboxylic acids is 1. The third kappa shape index (κ3) is 5.90. The predicted octanol–water partition coefficient (Wildman–Crippen LogP) is 0.452. The summed E-state index contributed by atoms with van der Waals surface area (Å²) in [5.74, 6) is -1.57. The zero-order valence-electron chi connectivity index (χ0n) is 12.8. The van der Waals surface area contributed by atoms with Crippen molar-refractivity contribution in [1.82, 2.24) is 15.2 Å². The fraction of sp³-hybridized carbons (Fsp3) is 0.467. The predicted molar refractivity (Wildman–Crippen MR) is 80.1 cm³/mol. The summed E-state index contributed by atoms with van der Waals surface area (Å²) in [7, 11) is 0. The van der Waals surface area contributed by atoms with Crippen LogP contribution >= 0.6 is 0 Å². The highest BCUT2D eigenvalue weighted by atomic mass is 16.4. The third-order valence-electron chi connectivity index (χ3n) is 3.19. The topological polar surface area (TPSA) is 99.6 Å². The molecule has 0 bridgehead atoms. The molecule has 1 aromatic rings. The van der Waals surface area contributed by atoms with E-state index in [1.807, 2.05) is 12.1 Å². The summed E-state index contributed by atoms with van der Waals surface area (Å²) in [6, 6.07) is 4.50. The molecule has 2 amide bonds. The van der Waals surface area contributed by atoms with Gasteiger partial charge < -0.3 is 15.3 Å². The van der Waals surface area contributed by atoms with Crippen molar-refractivity contribution in [2.45, 2.75) is 32.7 Å². The van der Waals surface area contributed by atoms with Crippen LogP contribution in [0.4, 0.5) is 0 Å². The summed E-state index contributed by atoms with van der Waals surface area (Å²) in [6.45, 7) is 3.21. The highest BCUT2D eigenvalue weighted by Crippen LogP contribution is 2.06. The molecule has 0 radical (unpaired) electrons. The van der Waals surface area contributed by atoms with Crippen molar-refractivity contribution >= 4 is 17.8 Å². The molecule has 7 heteroatoms. The second kappa shape index (κ2) is 8.76. The first-order valence-corrected chi connectivity index (χ1v) is 7.08. The summed E-state index contributed by atoms with van der Waals surface area (Å²) in [5.41, 5.74) is 0.778. The van der Waals surface area contributed by atoms with Gasteiger partial charge in [0.2, 0.25) is 11.8 Å². The van der Waals surface area contributed by atoms with Crippen LogP contribution in [0.25, 0.3) is 0 Å².